The number of thioether (sulfide) groups is 1. The minimum absolute atomic E-state index is 0.168. The number of halogens is 1. The maximum absolute atomic E-state index is 13.1. The molecule has 6 heteroatoms. The maximum Gasteiger partial charge on any atom is 0.266 e. The third-order valence-electron chi connectivity index (χ3n) is 3.69. The Kier molecular flexibility index (Phi) is 4.61. The molecule has 120 valence electrons. The van der Waals surface area contributed by atoms with E-state index in [4.69, 9.17) is 16.9 Å². The largest absolute Gasteiger partial charge is 0.268 e. The predicted octanol–water partition coefficient (Wildman–Crippen LogP) is 4.35. The highest BCUT2D eigenvalue weighted by atomic mass is 35.5. The van der Waals surface area contributed by atoms with E-state index in [0.29, 0.717) is 26.8 Å². The number of hydrogen-bond acceptors (Lipinski definition) is 4. The van der Waals surface area contributed by atoms with Crippen LogP contribution in [-0.4, -0.2) is 14.8 Å². The summed E-state index contributed by atoms with van der Waals surface area (Å²) in [5.74, 6) is 0. The molecule has 0 N–H and O–H groups in total. The Hall–Kier alpha value is -2.29. The van der Waals surface area contributed by atoms with Crippen LogP contribution in [0.4, 0.5) is 0 Å². The highest BCUT2D eigenvalue weighted by molar-refractivity contribution is 8.00. The molecule has 24 heavy (non-hydrogen) atoms. The Morgan fingerprint density at radius 1 is 1.25 bits per heavy atom. The van der Waals surface area contributed by atoms with Crippen molar-refractivity contribution in [1.29, 1.82) is 5.26 Å². The molecule has 3 aromatic rings. The SMILES string of the molecule is Cc1c(Cl)cccc1-n1c(SC(C)C#N)nc2ccccc2c1=O. The predicted molar refractivity (Wildman–Crippen MR) is 98.0 cm³/mol. The molecule has 0 bridgehead atoms. The molecule has 0 aliphatic rings. The molecule has 0 spiro atoms. The van der Waals surface area contributed by atoms with Gasteiger partial charge in [-0.3, -0.25) is 9.36 Å². The van der Waals surface area contributed by atoms with Crippen molar-refractivity contribution < 1.29 is 0 Å². The van der Waals surface area contributed by atoms with Gasteiger partial charge in [0.1, 0.15) is 0 Å². The first kappa shape index (κ1) is 16.6. The molecule has 0 aliphatic carbocycles. The number of fused-ring (bicyclic) bond motifs is 1. The fraction of sp³-hybridized carbons (Fsp3) is 0.167. The fourth-order valence-electron chi connectivity index (χ4n) is 2.43. The van der Waals surface area contributed by atoms with E-state index in [1.54, 1.807) is 35.8 Å². The van der Waals surface area contributed by atoms with Crippen LogP contribution in [0, 0.1) is 18.3 Å². The number of benzene rings is 2. The van der Waals surface area contributed by atoms with Crippen LogP contribution in [0.25, 0.3) is 16.6 Å². The summed E-state index contributed by atoms with van der Waals surface area (Å²) >= 11 is 7.48. The number of nitrogens with zero attached hydrogens (tertiary/aromatic N) is 3. The number of hydrogen-bond donors (Lipinski definition) is 0. The standard InChI is InChI=1S/C18H14ClN3OS/c1-11(10-20)24-18-21-15-8-4-3-6-13(15)17(23)22(18)16-9-5-7-14(19)12(16)2/h3-9,11H,1-2H3. The van der Waals surface area contributed by atoms with E-state index < -0.39 is 0 Å². The van der Waals surface area contributed by atoms with Crippen LogP contribution in [-0.2, 0) is 0 Å². The summed E-state index contributed by atoms with van der Waals surface area (Å²) in [5, 5.41) is 10.4. The van der Waals surface area contributed by atoms with Gasteiger partial charge in [0, 0.05) is 5.02 Å². The summed E-state index contributed by atoms with van der Waals surface area (Å²) in [6, 6.07) is 14.8. The van der Waals surface area contributed by atoms with E-state index in [1.165, 1.54) is 11.8 Å². The average Bonchev–Trinajstić information content (AvgIpc) is 2.58. The fourth-order valence-corrected chi connectivity index (χ4v) is 3.40. The lowest BCUT2D eigenvalue weighted by molar-refractivity contribution is 0.813. The number of nitriles is 1. The normalized spacial score (nSPS) is 12.1. The van der Waals surface area contributed by atoms with Crippen molar-refractivity contribution in [3.05, 3.63) is 63.4 Å². The van der Waals surface area contributed by atoms with Crippen LogP contribution in [0.1, 0.15) is 12.5 Å². The van der Waals surface area contributed by atoms with E-state index in [-0.39, 0.29) is 10.8 Å². The molecule has 0 aliphatic heterocycles. The van der Waals surface area contributed by atoms with Gasteiger partial charge in [0.15, 0.2) is 5.16 Å². The summed E-state index contributed by atoms with van der Waals surface area (Å²) in [6.45, 7) is 3.64. The zero-order chi connectivity index (χ0) is 17.3. The minimum atomic E-state index is -0.330. The molecular weight excluding hydrogens is 342 g/mol. The third-order valence-corrected chi connectivity index (χ3v) is 5.04. The van der Waals surface area contributed by atoms with Crippen LogP contribution in [0.5, 0.6) is 0 Å². The average molecular weight is 356 g/mol. The second-order valence-electron chi connectivity index (χ2n) is 5.33. The van der Waals surface area contributed by atoms with Gasteiger partial charge < -0.3 is 0 Å². The summed E-state index contributed by atoms with van der Waals surface area (Å²) in [6.07, 6.45) is 0. The smallest absolute Gasteiger partial charge is 0.266 e. The molecule has 4 nitrogen and oxygen atoms in total. The van der Waals surface area contributed by atoms with Crippen LogP contribution in [0.2, 0.25) is 5.02 Å². The van der Waals surface area contributed by atoms with E-state index in [2.05, 4.69) is 11.1 Å². The monoisotopic (exact) mass is 355 g/mol. The Bertz CT molecular complexity index is 1020. The molecule has 0 amide bonds. The molecule has 0 radical (unpaired) electrons. The van der Waals surface area contributed by atoms with Crippen molar-refractivity contribution in [2.75, 3.05) is 0 Å². The van der Waals surface area contributed by atoms with Crippen molar-refractivity contribution in [2.45, 2.75) is 24.3 Å². The highest BCUT2D eigenvalue weighted by Crippen LogP contribution is 2.28. The Labute approximate surface area is 148 Å². The van der Waals surface area contributed by atoms with Gasteiger partial charge in [0.25, 0.3) is 5.56 Å². The molecule has 2 aromatic carbocycles. The molecule has 1 aromatic heterocycles. The topological polar surface area (TPSA) is 58.7 Å². The van der Waals surface area contributed by atoms with Crippen LogP contribution >= 0.6 is 23.4 Å². The zero-order valence-electron chi connectivity index (χ0n) is 13.2. The van der Waals surface area contributed by atoms with E-state index in [9.17, 15) is 4.79 Å². The first-order chi connectivity index (χ1) is 11.5. The third kappa shape index (κ3) is 2.91. The molecule has 0 saturated heterocycles. The molecular formula is C18H14ClN3OS. The van der Waals surface area contributed by atoms with Gasteiger partial charge in [-0.15, -0.1) is 0 Å². The Morgan fingerprint density at radius 2 is 2.00 bits per heavy atom. The number of para-hydroxylation sites is 1. The molecule has 1 unspecified atom stereocenters. The Balaban J connectivity index is 2.38. The highest BCUT2D eigenvalue weighted by Gasteiger charge is 2.17. The van der Waals surface area contributed by atoms with Crippen LogP contribution < -0.4 is 5.56 Å². The Morgan fingerprint density at radius 3 is 2.75 bits per heavy atom. The maximum atomic E-state index is 13.1. The van der Waals surface area contributed by atoms with E-state index in [0.717, 1.165) is 5.56 Å². The second-order valence-corrected chi connectivity index (χ2v) is 7.04. The zero-order valence-corrected chi connectivity index (χ0v) is 14.7. The van der Waals surface area contributed by atoms with Crippen LogP contribution in [0.3, 0.4) is 0 Å². The quantitative estimate of drug-likeness (QED) is 0.517. The van der Waals surface area contributed by atoms with Crippen molar-refractivity contribution in [3.8, 4) is 11.8 Å². The summed E-state index contributed by atoms with van der Waals surface area (Å²) in [7, 11) is 0. The van der Waals surface area contributed by atoms with Gasteiger partial charge in [-0.2, -0.15) is 5.26 Å². The molecule has 0 saturated carbocycles. The van der Waals surface area contributed by atoms with E-state index in [1.807, 2.05) is 25.1 Å². The van der Waals surface area contributed by atoms with Gasteiger partial charge in [-0.05, 0) is 43.7 Å². The first-order valence-corrected chi connectivity index (χ1v) is 8.62. The second kappa shape index (κ2) is 6.68. The lowest BCUT2D eigenvalue weighted by Gasteiger charge is -2.16. The van der Waals surface area contributed by atoms with Gasteiger partial charge in [-0.1, -0.05) is 41.6 Å². The van der Waals surface area contributed by atoms with Gasteiger partial charge in [0.05, 0.1) is 27.9 Å². The lowest BCUT2D eigenvalue weighted by atomic mass is 10.2. The van der Waals surface area contributed by atoms with Gasteiger partial charge >= 0.3 is 0 Å². The molecule has 1 atom stereocenters. The van der Waals surface area contributed by atoms with Crippen molar-refractivity contribution in [3.63, 3.8) is 0 Å². The number of aromatic nitrogens is 2. The van der Waals surface area contributed by atoms with Gasteiger partial charge in [-0.25, -0.2) is 4.98 Å². The molecule has 1 heterocycles. The van der Waals surface area contributed by atoms with Crippen molar-refractivity contribution >= 4 is 34.3 Å². The summed E-state index contributed by atoms with van der Waals surface area (Å²) in [4.78, 5) is 17.7. The lowest BCUT2D eigenvalue weighted by Crippen LogP contribution is -2.23. The molecule has 3 rings (SSSR count). The van der Waals surface area contributed by atoms with Gasteiger partial charge in [0.2, 0.25) is 0 Å². The molecule has 0 fully saturated rings. The first-order valence-electron chi connectivity index (χ1n) is 7.36. The van der Waals surface area contributed by atoms with Crippen LogP contribution in [0.15, 0.2) is 52.4 Å². The number of rotatable bonds is 3. The minimum Gasteiger partial charge on any atom is -0.268 e. The van der Waals surface area contributed by atoms with Crippen molar-refractivity contribution in [2.24, 2.45) is 0 Å². The summed E-state index contributed by atoms with van der Waals surface area (Å²) < 4.78 is 1.54. The summed E-state index contributed by atoms with van der Waals surface area (Å²) in [5.41, 5.74) is 1.92. The van der Waals surface area contributed by atoms with E-state index >= 15 is 0 Å². The van der Waals surface area contributed by atoms with Crippen molar-refractivity contribution in [1.82, 2.24) is 9.55 Å².